The first-order chi connectivity index (χ1) is 10.0. The Hall–Kier alpha value is -2.14. The van der Waals surface area contributed by atoms with Crippen LogP contribution in [0.3, 0.4) is 0 Å². The highest BCUT2D eigenvalue weighted by Gasteiger charge is 2.26. The lowest BCUT2D eigenvalue weighted by Crippen LogP contribution is -2.46. The van der Waals surface area contributed by atoms with Gasteiger partial charge in [0.05, 0.1) is 23.4 Å². The molecule has 22 heavy (non-hydrogen) atoms. The van der Waals surface area contributed by atoms with E-state index in [0.29, 0.717) is 0 Å². The van der Waals surface area contributed by atoms with Crippen molar-refractivity contribution >= 4 is 21.6 Å². The van der Waals surface area contributed by atoms with Crippen LogP contribution < -0.4 is 10.0 Å². The average molecular weight is 327 g/mol. The van der Waals surface area contributed by atoms with E-state index in [-0.39, 0.29) is 5.69 Å². The molecule has 6 nitrogen and oxygen atoms in total. The van der Waals surface area contributed by atoms with E-state index < -0.39 is 39.0 Å². The summed E-state index contributed by atoms with van der Waals surface area (Å²) in [7, 11) is -3.82. The first-order valence-corrected chi connectivity index (χ1v) is 8.19. The molecule has 1 unspecified atom stereocenters. The summed E-state index contributed by atoms with van der Waals surface area (Å²) in [5.41, 5.74) is -0.990. The zero-order chi connectivity index (χ0) is 17.0. The number of halogens is 1. The van der Waals surface area contributed by atoms with Crippen molar-refractivity contribution in [3.05, 3.63) is 30.1 Å². The molecule has 1 aromatic rings. The van der Waals surface area contributed by atoms with Gasteiger partial charge in [0.1, 0.15) is 11.4 Å². The van der Waals surface area contributed by atoms with Gasteiger partial charge in [-0.25, -0.2) is 12.8 Å². The fourth-order valence-corrected chi connectivity index (χ4v) is 3.02. The van der Waals surface area contributed by atoms with Crippen LogP contribution in [-0.4, -0.2) is 25.6 Å². The Labute approximate surface area is 129 Å². The van der Waals surface area contributed by atoms with Gasteiger partial charge in [-0.05, 0) is 32.0 Å². The predicted octanol–water partition coefficient (Wildman–Crippen LogP) is 1.62. The lowest BCUT2D eigenvalue weighted by atomic mass is 10.1. The minimum atomic E-state index is -3.82. The lowest BCUT2D eigenvalue weighted by Gasteiger charge is -2.20. The van der Waals surface area contributed by atoms with Gasteiger partial charge in [0.2, 0.25) is 15.9 Å². The maximum atomic E-state index is 13.0. The number of rotatable bonds is 6. The molecule has 1 atom stereocenters. The molecule has 0 aliphatic heterocycles. The Morgan fingerprint density at radius 3 is 2.64 bits per heavy atom. The van der Waals surface area contributed by atoms with Gasteiger partial charge < -0.3 is 5.32 Å². The summed E-state index contributed by atoms with van der Waals surface area (Å²) in [6, 6.07) is 6.91. The molecule has 120 valence electrons. The molecule has 0 fully saturated rings. The number of hydrogen-bond donors (Lipinski definition) is 2. The van der Waals surface area contributed by atoms with E-state index in [1.54, 1.807) is 0 Å². The van der Waals surface area contributed by atoms with Crippen molar-refractivity contribution in [2.75, 3.05) is 10.5 Å². The van der Waals surface area contributed by atoms with E-state index in [0.717, 1.165) is 6.07 Å². The normalized spacial score (nSPS) is 13.0. The predicted molar refractivity (Wildman–Crippen MR) is 80.8 cm³/mol. The molecule has 2 N–H and O–H groups in total. The van der Waals surface area contributed by atoms with Crippen LogP contribution in [0.1, 0.15) is 20.8 Å². The van der Waals surface area contributed by atoms with Crippen LogP contribution in [0.25, 0.3) is 0 Å². The molecule has 0 bridgehead atoms. The zero-order valence-corrected chi connectivity index (χ0v) is 13.4. The quantitative estimate of drug-likeness (QED) is 0.829. The number of amides is 1. The molecule has 0 aromatic heterocycles. The van der Waals surface area contributed by atoms with Gasteiger partial charge in [-0.2, -0.15) is 5.26 Å². The van der Waals surface area contributed by atoms with Crippen LogP contribution in [0.4, 0.5) is 10.1 Å². The van der Waals surface area contributed by atoms with Crippen molar-refractivity contribution in [3.63, 3.8) is 0 Å². The fourth-order valence-electron chi connectivity index (χ4n) is 1.64. The van der Waals surface area contributed by atoms with Crippen molar-refractivity contribution in [2.24, 2.45) is 5.92 Å². The van der Waals surface area contributed by atoms with Crippen LogP contribution >= 0.6 is 0 Å². The molecule has 0 aliphatic rings. The van der Waals surface area contributed by atoms with Gasteiger partial charge in [0.15, 0.2) is 0 Å². The van der Waals surface area contributed by atoms with Crippen LogP contribution in [0.5, 0.6) is 0 Å². The fraction of sp³-hybridized carbons (Fsp3) is 0.429. The first kappa shape index (κ1) is 17.9. The zero-order valence-electron chi connectivity index (χ0n) is 12.6. The first-order valence-electron chi connectivity index (χ1n) is 6.54. The van der Waals surface area contributed by atoms with Gasteiger partial charge >= 0.3 is 0 Å². The Morgan fingerprint density at radius 2 is 2.09 bits per heavy atom. The topological polar surface area (TPSA) is 99.1 Å². The molecule has 0 heterocycles. The number of anilines is 1. The number of carbonyl (C=O) groups excluding carboxylic acids is 1. The largest absolute Gasteiger partial charge is 0.338 e. The molecule has 0 aliphatic carbocycles. The highest BCUT2D eigenvalue weighted by molar-refractivity contribution is 7.92. The number of benzene rings is 1. The summed E-state index contributed by atoms with van der Waals surface area (Å²) in [5.74, 6) is -2.45. The summed E-state index contributed by atoms with van der Waals surface area (Å²) in [5, 5.41) is 11.3. The van der Waals surface area contributed by atoms with Gasteiger partial charge in [0, 0.05) is 0 Å². The number of carbonyl (C=O) groups is 1. The number of nitrogens with one attached hydrogen (secondary N) is 2. The second-order valence-corrected chi connectivity index (χ2v) is 7.29. The maximum absolute atomic E-state index is 13.0. The van der Waals surface area contributed by atoms with Crippen molar-refractivity contribution in [1.82, 2.24) is 5.32 Å². The van der Waals surface area contributed by atoms with Crippen LogP contribution in [-0.2, 0) is 14.8 Å². The SMILES string of the molecule is CC(CS(=O)(=O)Nc1cccc(F)c1)C(=O)NC(C)(C)C#N. The molecular weight excluding hydrogens is 309 g/mol. The van der Waals surface area contributed by atoms with E-state index in [9.17, 15) is 17.6 Å². The second kappa shape index (κ2) is 6.75. The Bertz CT molecular complexity index is 696. The third-order valence-electron chi connectivity index (χ3n) is 2.73. The molecule has 0 saturated heterocycles. The molecule has 1 rings (SSSR count). The summed E-state index contributed by atoms with van der Waals surface area (Å²) in [4.78, 5) is 11.9. The molecule has 1 amide bonds. The summed E-state index contributed by atoms with van der Waals surface area (Å²) in [6.45, 7) is 4.46. The lowest BCUT2D eigenvalue weighted by molar-refractivity contribution is -0.124. The maximum Gasteiger partial charge on any atom is 0.233 e. The van der Waals surface area contributed by atoms with E-state index in [1.807, 2.05) is 6.07 Å². The second-order valence-electron chi connectivity index (χ2n) is 5.52. The number of hydrogen-bond acceptors (Lipinski definition) is 4. The monoisotopic (exact) mass is 327 g/mol. The van der Waals surface area contributed by atoms with Crippen LogP contribution in [0, 0.1) is 23.1 Å². The van der Waals surface area contributed by atoms with Crippen molar-refractivity contribution in [3.8, 4) is 6.07 Å². The molecule has 0 radical (unpaired) electrons. The molecule has 1 aromatic carbocycles. The number of nitriles is 1. The Morgan fingerprint density at radius 1 is 1.45 bits per heavy atom. The standard InChI is InChI=1S/C14H18FN3O3S/c1-10(13(19)17-14(2,3)9-16)8-22(20,21)18-12-6-4-5-11(15)7-12/h4-7,10,18H,8H2,1-3H3,(H,17,19). The molecule has 0 saturated carbocycles. The van der Waals surface area contributed by atoms with Crippen molar-refractivity contribution in [2.45, 2.75) is 26.3 Å². The third-order valence-corrected chi connectivity index (χ3v) is 4.22. The highest BCUT2D eigenvalue weighted by atomic mass is 32.2. The van der Waals surface area contributed by atoms with E-state index in [4.69, 9.17) is 5.26 Å². The van der Waals surface area contributed by atoms with E-state index >= 15 is 0 Å². The van der Waals surface area contributed by atoms with Gasteiger partial charge in [-0.3, -0.25) is 9.52 Å². The molecule has 0 spiro atoms. The number of sulfonamides is 1. The van der Waals surface area contributed by atoms with Gasteiger partial charge in [0.25, 0.3) is 0 Å². The Balaban J connectivity index is 2.72. The van der Waals surface area contributed by atoms with Crippen molar-refractivity contribution in [1.29, 1.82) is 5.26 Å². The number of nitrogens with zero attached hydrogens (tertiary/aromatic N) is 1. The summed E-state index contributed by atoms with van der Waals surface area (Å²) < 4.78 is 39.2. The van der Waals surface area contributed by atoms with Gasteiger partial charge in [-0.1, -0.05) is 13.0 Å². The van der Waals surface area contributed by atoms with E-state index in [1.165, 1.54) is 39.0 Å². The third kappa shape index (κ3) is 5.69. The molecular formula is C14H18FN3O3S. The van der Waals surface area contributed by atoms with Crippen LogP contribution in [0.2, 0.25) is 0 Å². The minimum absolute atomic E-state index is 0.0879. The highest BCUT2D eigenvalue weighted by Crippen LogP contribution is 2.13. The van der Waals surface area contributed by atoms with Crippen molar-refractivity contribution < 1.29 is 17.6 Å². The van der Waals surface area contributed by atoms with Crippen LogP contribution in [0.15, 0.2) is 24.3 Å². The summed E-state index contributed by atoms with van der Waals surface area (Å²) >= 11 is 0. The smallest absolute Gasteiger partial charge is 0.233 e. The summed E-state index contributed by atoms with van der Waals surface area (Å²) in [6.07, 6.45) is 0. The average Bonchev–Trinajstić information content (AvgIpc) is 2.37. The molecule has 8 heteroatoms. The Kier molecular flexibility index (Phi) is 5.49. The van der Waals surface area contributed by atoms with Gasteiger partial charge in [-0.15, -0.1) is 0 Å². The van der Waals surface area contributed by atoms with E-state index in [2.05, 4.69) is 10.0 Å². The minimum Gasteiger partial charge on any atom is -0.338 e.